The van der Waals surface area contributed by atoms with E-state index in [1.165, 1.54) is 6.20 Å². The monoisotopic (exact) mass is 659 g/mol. The van der Waals surface area contributed by atoms with E-state index in [1.54, 1.807) is 24.5 Å². The van der Waals surface area contributed by atoms with Crippen LogP contribution in [0.25, 0.3) is 55.2 Å². The number of hydrogen-bond donors (Lipinski definition) is 0. The maximum Gasteiger partial charge on any atom is 0.128 e. The first-order valence-corrected chi connectivity index (χ1v) is 11.5. The minimum atomic E-state index is -2.29. The molecule has 0 amide bonds. The van der Waals surface area contributed by atoms with Gasteiger partial charge in [-0.15, -0.1) is 54.1 Å². The Morgan fingerprint density at radius 3 is 2.08 bits per heavy atom. The van der Waals surface area contributed by atoms with Gasteiger partial charge in [0.15, 0.2) is 0 Å². The maximum atomic E-state index is 7.74. The molecule has 0 aliphatic rings. The molecule has 181 valence electrons. The van der Waals surface area contributed by atoms with E-state index in [-0.39, 0.29) is 25.8 Å². The zero-order chi connectivity index (χ0) is 26.8. The molecule has 0 atom stereocenters. The van der Waals surface area contributed by atoms with Crippen molar-refractivity contribution in [1.82, 2.24) is 15.0 Å². The molecule has 5 heteroatoms. The van der Waals surface area contributed by atoms with Gasteiger partial charge in [0.1, 0.15) is 5.58 Å². The van der Waals surface area contributed by atoms with Gasteiger partial charge in [-0.25, -0.2) is 0 Å². The molecule has 0 bridgehead atoms. The Morgan fingerprint density at radius 1 is 0.622 bits per heavy atom. The van der Waals surface area contributed by atoms with Crippen LogP contribution in [0.5, 0.6) is 0 Å². The van der Waals surface area contributed by atoms with Gasteiger partial charge in [0, 0.05) is 64.7 Å². The van der Waals surface area contributed by atoms with Crippen LogP contribution in [0.4, 0.5) is 0 Å². The molecule has 0 spiro atoms. The fourth-order valence-corrected chi connectivity index (χ4v) is 4.23. The van der Waals surface area contributed by atoms with Crippen molar-refractivity contribution in [3.8, 4) is 22.5 Å². The first-order chi connectivity index (χ1) is 19.0. The van der Waals surface area contributed by atoms with E-state index in [4.69, 9.17) is 8.53 Å². The summed E-state index contributed by atoms with van der Waals surface area (Å²) < 4.78 is 29.5. The van der Waals surface area contributed by atoms with Crippen LogP contribution in [-0.2, 0) is 20.1 Å². The van der Waals surface area contributed by atoms with Crippen molar-refractivity contribution in [3.05, 3.63) is 127 Å². The Labute approximate surface area is 232 Å². The molecule has 37 heavy (non-hydrogen) atoms. The number of rotatable bonds is 2. The maximum absolute atomic E-state index is 7.74. The van der Waals surface area contributed by atoms with Crippen LogP contribution in [0.3, 0.4) is 0 Å². The number of aromatic nitrogens is 3. The Bertz CT molecular complexity index is 1850. The largest absolute Gasteiger partial charge is 0.500 e. The van der Waals surface area contributed by atoms with Crippen LogP contribution in [0.1, 0.15) is 9.81 Å². The van der Waals surface area contributed by atoms with Crippen LogP contribution >= 0.6 is 0 Å². The number of aryl methyl sites for hydroxylation is 1. The van der Waals surface area contributed by atoms with E-state index in [1.807, 2.05) is 78.9 Å². The van der Waals surface area contributed by atoms with E-state index in [9.17, 15) is 0 Å². The van der Waals surface area contributed by atoms with Gasteiger partial charge in [0.25, 0.3) is 0 Å². The summed E-state index contributed by atoms with van der Waals surface area (Å²) in [5.74, 6) is 0. The van der Waals surface area contributed by atoms with E-state index < -0.39 is 6.85 Å². The van der Waals surface area contributed by atoms with Crippen LogP contribution in [0.15, 0.2) is 114 Å². The van der Waals surface area contributed by atoms with Crippen molar-refractivity contribution in [2.24, 2.45) is 0 Å². The summed E-state index contributed by atoms with van der Waals surface area (Å²) >= 11 is 0. The summed E-state index contributed by atoms with van der Waals surface area (Å²) in [4.78, 5) is 12.7. The Morgan fingerprint density at radius 2 is 1.35 bits per heavy atom. The quantitative estimate of drug-likeness (QED) is 0.178. The Hall–Kier alpha value is -4.18. The molecule has 4 heterocycles. The second kappa shape index (κ2) is 10.8. The summed E-state index contributed by atoms with van der Waals surface area (Å²) in [6.07, 6.45) is 5.03. The predicted molar refractivity (Wildman–Crippen MR) is 144 cm³/mol. The molecule has 0 aliphatic heterocycles. The minimum Gasteiger partial charge on any atom is -0.500 e. The van der Waals surface area contributed by atoms with Crippen LogP contribution in [0, 0.1) is 19.0 Å². The zero-order valence-corrected chi connectivity index (χ0v) is 21.9. The smallest absolute Gasteiger partial charge is 0.128 e. The normalized spacial score (nSPS) is 12.2. The average Bonchev–Trinajstić information content (AvgIpc) is 3.38. The van der Waals surface area contributed by atoms with Crippen LogP contribution < -0.4 is 0 Å². The third-order valence-electron chi connectivity index (χ3n) is 5.91. The molecule has 3 aromatic carbocycles. The third kappa shape index (κ3) is 4.79. The summed E-state index contributed by atoms with van der Waals surface area (Å²) in [5.41, 5.74) is 4.98. The predicted octanol–water partition coefficient (Wildman–Crippen LogP) is 7.85. The number of fused-ring (bicyclic) bond motifs is 5. The fourth-order valence-electron chi connectivity index (χ4n) is 4.23. The molecule has 0 unspecified atom stereocenters. The average molecular weight is 659 g/mol. The molecule has 1 radical (unpaired) electrons. The van der Waals surface area contributed by atoms with Gasteiger partial charge >= 0.3 is 0 Å². The molecule has 0 aliphatic carbocycles. The van der Waals surface area contributed by atoms with Gasteiger partial charge in [0.05, 0.1) is 5.58 Å². The van der Waals surface area contributed by atoms with Gasteiger partial charge in [-0.05, 0) is 36.4 Å². The number of furan rings is 1. The summed E-state index contributed by atoms with van der Waals surface area (Å²) in [5, 5.41) is 3.18. The Kier molecular flexibility index (Phi) is 6.14. The number of benzene rings is 3. The number of pyridine rings is 3. The zero-order valence-electron chi connectivity index (χ0n) is 22.5. The van der Waals surface area contributed by atoms with Crippen molar-refractivity contribution in [2.45, 2.75) is 6.85 Å². The van der Waals surface area contributed by atoms with Gasteiger partial charge in [-0.3, -0.25) is 4.98 Å². The van der Waals surface area contributed by atoms with Crippen molar-refractivity contribution < 1.29 is 28.6 Å². The van der Waals surface area contributed by atoms with Crippen molar-refractivity contribution in [2.75, 3.05) is 0 Å². The second-order valence-corrected chi connectivity index (χ2v) is 8.10. The number of nitrogens with zero attached hydrogens (tertiary/aromatic N) is 3. The molecule has 7 rings (SSSR count). The SMILES string of the molecule is [2H]C([2H])([2H])c1nccc2c1ccc1c3cc[c-]c(-c4ccccn4)c3oc21.[Ir].[c-]1ccccc1-c1ccccn1. The summed E-state index contributed by atoms with van der Waals surface area (Å²) in [7, 11) is 0. The van der Waals surface area contributed by atoms with Gasteiger partial charge in [-0.1, -0.05) is 47.3 Å². The Balaban J connectivity index is 0.000000209. The molecule has 0 saturated heterocycles. The van der Waals surface area contributed by atoms with Crippen LogP contribution in [0.2, 0.25) is 0 Å². The molecule has 0 fully saturated rings. The van der Waals surface area contributed by atoms with Gasteiger partial charge in [-0.2, -0.15) is 0 Å². The molecular formula is C32H21IrN3O-2. The minimum absolute atomic E-state index is 0. The second-order valence-electron chi connectivity index (χ2n) is 8.10. The molecule has 4 nitrogen and oxygen atoms in total. The van der Waals surface area contributed by atoms with Crippen LogP contribution in [-0.4, -0.2) is 15.0 Å². The molecular weight excluding hydrogens is 635 g/mol. The molecule has 0 saturated carbocycles. The van der Waals surface area contributed by atoms with E-state index in [0.717, 1.165) is 38.7 Å². The molecule has 0 N–H and O–H groups in total. The van der Waals surface area contributed by atoms with Gasteiger partial charge < -0.3 is 14.4 Å². The third-order valence-corrected chi connectivity index (χ3v) is 5.91. The molecule has 4 aromatic heterocycles. The first kappa shape index (κ1) is 21.0. The van der Waals surface area contributed by atoms with E-state index in [0.29, 0.717) is 16.6 Å². The fraction of sp³-hybridized carbons (Fsp3) is 0.0312. The molecule has 7 aromatic rings. The summed E-state index contributed by atoms with van der Waals surface area (Å²) in [6, 6.07) is 35.0. The van der Waals surface area contributed by atoms with Crippen molar-refractivity contribution in [3.63, 3.8) is 0 Å². The van der Waals surface area contributed by atoms with E-state index >= 15 is 0 Å². The first-order valence-electron chi connectivity index (χ1n) is 13.0. The topological polar surface area (TPSA) is 51.8 Å². The van der Waals surface area contributed by atoms with Crippen molar-refractivity contribution >= 4 is 32.7 Å². The standard InChI is InChI=1S/C21H13N2O.C11H8N.Ir/c1-13-14-8-9-16-15-5-4-6-18(19-7-2-3-11-23-19)21(15)24-20(16)17(14)10-12-22-13;1-2-6-10(7-3-1)11-8-4-5-9-12-11;/h2-5,7-12H,1H3;1-6,8-9H;/q2*-1;/i1D3;;. The summed E-state index contributed by atoms with van der Waals surface area (Å²) in [6.45, 7) is -2.29. The van der Waals surface area contributed by atoms with E-state index in [2.05, 4.69) is 27.1 Å². The van der Waals surface area contributed by atoms with Crippen molar-refractivity contribution in [1.29, 1.82) is 0 Å². The van der Waals surface area contributed by atoms with Gasteiger partial charge in [0.2, 0.25) is 0 Å². The number of hydrogen-bond acceptors (Lipinski definition) is 4.